The van der Waals surface area contributed by atoms with Gasteiger partial charge in [-0.3, -0.25) is 10.1 Å². The summed E-state index contributed by atoms with van der Waals surface area (Å²) >= 11 is 0. The van der Waals surface area contributed by atoms with Crippen LogP contribution in [0.15, 0.2) is 36.4 Å². The zero-order valence-electron chi connectivity index (χ0n) is 10.6. The van der Waals surface area contributed by atoms with Crippen molar-refractivity contribution in [3.8, 4) is 17.2 Å². The van der Waals surface area contributed by atoms with E-state index >= 15 is 0 Å². The Morgan fingerprint density at radius 3 is 2.58 bits per heavy atom. The standard InChI is InChI=1S/C14H13NO4/c1-9-6-11(16)8-12(7-9)19-14-10(2)4-3-5-13(14)15(17)18/h3-8,16H,1-2H3. The Morgan fingerprint density at radius 1 is 1.21 bits per heavy atom. The Hall–Kier alpha value is -2.56. The number of nitro benzene ring substituents is 1. The number of benzene rings is 2. The Balaban J connectivity index is 2.45. The molecule has 1 N–H and O–H groups in total. The number of hydrogen-bond acceptors (Lipinski definition) is 4. The highest BCUT2D eigenvalue weighted by molar-refractivity contribution is 5.53. The number of hydrogen-bond donors (Lipinski definition) is 1. The van der Waals surface area contributed by atoms with Crippen molar-refractivity contribution in [3.63, 3.8) is 0 Å². The molecule has 0 saturated heterocycles. The maximum absolute atomic E-state index is 11.0. The second-order valence-electron chi connectivity index (χ2n) is 4.29. The number of ether oxygens (including phenoxy) is 1. The van der Waals surface area contributed by atoms with Gasteiger partial charge in [-0.25, -0.2) is 0 Å². The number of nitro groups is 1. The maximum Gasteiger partial charge on any atom is 0.311 e. The van der Waals surface area contributed by atoms with Crippen LogP contribution in [0.5, 0.6) is 17.2 Å². The average Bonchev–Trinajstić information content (AvgIpc) is 2.30. The van der Waals surface area contributed by atoms with E-state index in [4.69, 9.17) is 4.74 Å². The van der Waals surface area contributed by atoms with Crippen molar-refractivity contribution in [2.45, 2.75) is 13.8 Å². The summed E-state index contributed by atoms with van der Waals surface area (Å²) in [5, 5.41) is 20.5. The molecular formula is C14H13NO4. The first kappa shape index (κ1) is 12.9. The minimum absolute atomic E-state index is 0.0613. The summed E-state index contributed by atoms with van der Waals surface area (Å²) in [6, 6.07) is 9.43. The van der Waals surface area contributed by atoms with Crippen molar-refractivity contribution >= 4 is 5.69 Å². The molecule has 98 valence electrons. The largest absolute Gasteiger partial charge is 0.508 e. The van der Waals surface area contributed by atoms with Crippen LogP contribution in [-0.2, 0) is 0 Å². The monoisotopic (exact) mass is 259 g/mol. The van der Waals surface area contributed by atoms with Gasteiger partial charge in [0, 0.05) is 12.1 Å². The van der Waals surface area contributed by atoms with Crippen molar-refractivity contribution in [3.05, 3.63) is 57.6 Å². The second-order valence-corrected chi connectivity index (χ2v) is 4.29. The van der Waals surface area contributed by atoms with Gasteiger partial charge >= 0.3 is 5.69 Å². The summed E-state index contributed by atoms with van der Waals surface area (Å²) in [5.74, 6) is 0.624. The van der Waals surface area contributed by atoms with Gasteiger partial charge < -0.3 is 9.84 Å². The van der Waals surface area contributed by atoms with Crippen LogP contribution in [0.2, 0.25) is 0 Å². The van der Waals surface area contributed by atoms with Gasteiger partial charge in [0.1, 0.15) is 11.5 Å². The molecule has 0 aliphatic heterocycles. The topological polar surface area (TPSA) is 72.6 Å². The Kier molecular flexibility index (Phi) is 3.37. The molecule has 0 aliphatic rings. The van der Waals surface area contributed by atoms with Gasteiger partial charge in [0.15, 0.2) is 0 Å². The van der Waals surface area contributed by atoms with E-state index in [1.807, 2.05) is 0 Å². The van der Waals surface area contributed by atoms with Crippen LogP contribution in [0.25, 0.3) is 0 Å². The molecular weight excluding hydrogens is 246 g/mol. The summed E-state index contributed by atoms with van der Waals surface area (Å²) in [4.78, 5) is 10.5. The van der Waals surface area contributed by atoms with E-state index in [-0.39, 0.29) is 17.2 Å². The lowest BCUT2D eigenvalue weighted by Gasteiger charge is -2.10. The summed E-state index contributed by atoms with van der Waals surface area (Å²) in [6.45, 7) is 3.54. The zero-order chi connectivity index (χ0) is 14.0. The lowest BCUT2D eigenvalue weighted by atomic mass is 10.2. The number of nitrogens with zero attached hydrogens (tertiary/aromatic N) is 1. The number of aryl methyl sites for hydroxylation is 2. The fourth-order valence-electron chi connectivity index (χ4n) is 1.82. The molecule has 0 aromatic heterocycles. The molecule has 0 radical (unpaired) electrons. The van der Waals surface area contributed by atoms with Gasteiger partial charge in [-0.05, 0) is 37.1 Å². The predicted octanol–water partition coefficient (Wildman–Crippen LogP) is 3.71. The third-order valence-corrected chi connectivity index (χ3v) is 2.64. The molecule has 0 atom stereocenters. The van der Waals surface area contributed by atoms with Gasteiger partial charge in [-0.1, -0.05) is 12.1 Å². The molecule has 0 aliphatic carbocycles. The first-order valence-electron chi connectivity index (χ1n) is 5.70. The fourth-order valence-corrected chi connectivity index (χ4v) is 1.82. The lowest BCUT2D eigenvalue weighted by molar-refractivity contribution is -0.385. The molecule has 2 rings (SSSR count). The predicted molar refractivity (Wildman–Crippen MR) is 70.8 cm³/mol. The molecule has 0 bridgehead atoms. The smallest absolute Gasteiger partial charge is 0.311 e. The highest BCUT2D eigenvalue weighted by atomic mass is 16.6. The molecule has 0 unspecified atom stereocenters. The van der Waals surface area contributed by atoms with Crippen LogP contribution in [0, 0.1) is 24.0 Å². The highest BCUT2D eigenvalue weighted by Crippen LogP contribution is 2.35. The van der Waals surface area contributed by atoms with E-state index < -0.39 is 4.92 Å². The number of aromatic hydroxyl groups is 1. The fraction of sp³-hybridized carbons (Fsp3) is 0.143. The van der Waals surface area contributed by atoms with Crippen molar-refractivity contribution in [1.82, 2.24) is 0 Å². The minimum Gasteiger partial charge on any atom is -0.508 e. The SMILES string of the molecule is Cc1cc(O)cc(Oc2c(C)cccc2[N+](=O)[O-])c1. The van der Waals surface area contributed by atoms with Crippen LogP contribution in [-0.4, -0.2) is 10.0 Å². The molecule has 0 heterocycles. The molecule has 0 saturated carbocycles. The maximum atomic E-state index is 11.0. The van der Waals surface area contributed by atoms with Gasteiger partial charge in [0.2, 0.25) is 5.75 Å². The van der Waals surface area contributed by atoms with E-state index in [1.165, 1.54) is 12.1 Å². The van der Waals surface area contributed by atoms with Crippen LogP contribution in [0.4, 0.5) is 5.69 Å². The Labute approximate surface area is 110 Å². The first-order valence-corrected chi connectivity index (χ1v) is 5.70. The highest BCUT2D eigenvalue weighted by Gasteiger charge is 2.18. The number of para-hydroxylation sites is 1. The molecule has 19 heavy (non-hydrogen) atoms. The number of rotatable bonds is 3. The summed E-state index contributed by atoms with van der Waals surface area (Å²) in [6.07, 6.45) is 0. The van der Waals surface area contributed by atoms with E-state index in [0.717, 1.165) is 5.56 Å². The lowest BCUT2D eigenvalue weighted by Crippen LogP contribution is -1.95. The van der Waals surface area contributed by atoms with Gasteiger partial charge in [0.05, 0.1) is 4.92 Å². The summed E-state index contributed by atoms with van der Waals surface area (Å²) in [5.41, 5.74) is 1.38. The molecule has 0 amide bonds. The quantitative estimate of drug-likeness (QED) is 0.673. The van der Waals surface area contributed by atoms with Crippen LogP contribution in [0.1, 0.15) is 11.1 Å². The molecule has 5 nitrogen and oxygen atoms in total. The van der Waals surface area contributed by atoms with E-state index in [1.54, 1.807) is 38.1 Å². The normalized spacial score (nSPS) is 10.2. The third kappa shape index (κ3) is 2.82. The second kappa shape index (κ2) is 4.97. The number of phenolic OH excluding ortho intramolecular Hbond substituents is 1. The summed E-state index contributed by atoms with van der Waals surface area (Å²) in [7, 11) is 0. The molecule has 5 heteroatoms. The van der Waals surface area contributed by atoms with Gasteiger partial charge in [-0.2, -0.15) is 0 Å². The Morgan fingerprint density at radius 2 is 1.95 bits per heavy atom. The third-order valence-electron chi connectivity index (χ3n) is 2.64. The molecule has 0 fully saturated rings. The molecule has 2 aromatic rings. The average molecular weight is 259 g/mol. The Bertz CT molecular complexity index is 617. The van der Waals surface area contributed by atoms with Crippen LogP contribution >= 0.6 is 0 Å². The van der Waals surface area contributed by atoms with Crippen molar-refractivity contribution < 1.29 is 14.8 Å². The van der Waals surface area contributed by atoms with Crippen molar-refractivity contribution in [1.29, 1.82) is 0 Å². The zero-order valence-corrected chi connectivity index (χ0v) is 10.6. The van der Waals surface area contributed by atoms with E-state index in [2.05, 4.69) is 0 Å². The van der Waals surface area contributed by atoms with Crippen LogP contribution < -0.4 is 4.74 Å². The number of phenols is 1. The van der Waals surface area contributed by atoms with Crippen LogP contribution in [0.3, 0.4) is 0 Å². The van der Waals surface area contributed by atoms with Gasteiger partial charge in [0.25, 0.3) is 0 Å². The van der Waals surface area contributed by atoms with Gasteiger partial charge in [-0.15, -0.1) is 0 Å². The van der Waals surface area contributed by atoms with E-state index in [9.17, 15) is 15.2 Å². The van der Waals surface area contributed by atoms with Crippen molar-refractivity contribution in [2.75, 3.05) is 0 Å². The summed E-state index contributed by atoms with van der Waals surface area (Å²) < 4.78 is 5.56. The molecule has 2 aromatic carbocycles. The van der Waals surface area contributed by atoms with Crippen molar-refractivity contribution in [2.24, 2.45) is 0 Å². The molecule has 0 spiro atoms. The minimum atomic E-state index is -0.488. The van der Waals surface area contributed by atoms with E-state index in [0.29, 0.717) is 11.3 Å². The first-order chi connectivity index (χ1) is 8.97.